The summed E-state index contributed by atoms with van der Waals surface area (Å²) in [6, 6.07) is 9.07. The van der Waals surface area contributed by atoms with E-state index in [0.717, 1.165) is 10.5 Å². The second kappa shape index (κ2) is 9.51. The molecule has 1 aromatic carbocycles. The molecule has 0 fully saturated rings. The van der Waals surface area contributed by atoms with Crippen molar-refractivity contribution in [2.75, 3.05) is 13.1 Å². The van der Waals surface area contributed by atoms with Crippen LogP contribution in [0.2, 0.25) is 0 Å². The van der Waals surface area contributed by atoms with Gasteiger partial charge >= 0.3 is 12.1 Å². The van der Waals surface area contributed by atoms with Crippen molar-refractivity contribution in [3.8, 4) is 11.3 Å². The molecule has 0 aliphatic carbocycles. The molecule has 0 spiro atoms. The van der Waals surface area contributed by atoms with E-state index in [4.69, 9.17) is 4.52 Å². The molecule has 0 aliphatic heterocycles. The third kappa shape index (κ3) is 5.65. The molecule has 3 aromatic rings. The maximum absolute atomic E-state index is 13.1. The number of nitrogens with zero attached hydrogens (tertiary/aromatic N) is 3. The molecular weight excluding hydrogens is 402 g/mol. The van der Waals surface area contributed by atoms with Gasteiger partial charge in [-0.1, -0.05) is 11.2 Å². The number of hydrogen-bond acceptors (Lipinski definition) is 4. The van der Waals surface area contributed by atoms with Crippen LogP contribution in [0.4, 0.5) is 17.6 Å². The number of rotatable bonds is 8. The van der Waals surface area contributed by atoms with Gasteiger partial charge in [-0.05, 0) is 55.2 Å². The molecule has 0 saturated heterocycles. The Morgan fingerprint density at radius 1 is 1.03 bits per heavy atom. The highest BCUT2D eigenvalue weighted by molar-refractivity contribution is 5.81. The highest BCUT2D eigenvalue weighted by Gasteiger charge is 2.42. The molecule has 0 aliphatic rings. The van der Waals surface area contributed by atoms with Crippen molar-refractivity contribution in [3.63, 3.8) is 0 Å². The lowest BCUT2D eigenvalue weighted by atomic mass is 10.1. The van der Waals surface area contributed by atoms with Gasteiger partial charge < -0.3 is 9.42 Å². The standard InChI is InChI=1S/C21H19F4N3O2/c22-18-7-5-16(6-8-18)19-17(14-27-30-19)4-2-11-28(20(29)21(23,24)25)12-9-15-3-1-10-26-13-15/h1,3,5-8,10,13-14H,2,4,9,11-12H2. The van der Waals surface area contributed by atoms with Crippen LogP contribution in [-0.4, -0.2) is 40.2 Å². The SMILES string of the molecule is O=C(N(CCCc1cnoc1-c1ccc(F)cc1)CCc1cccnc1)C(F)(F)F. The van der Waals surface area contributed by atoms with Crippen LogP contribution in [0, 0.1) is 5.82 Å². The van der Waals surface area contributed by atoms with E-state index in [-0.39, 0.29) is 25.9 Å². The number of amides is 1. The van der Waals surface area contributed by atoms with E-state index in [1.165, 1.54) is 30.5 Å². The maximum Gasteiger partial charge on any atom is 0.471 e. The minimum Gasteiger partial charge on any atom is -0.356 e. The Bertz CT molecular complexity index is 956. The molecule has 0 atom stereocenters. The number of hydrogen-bond donors (Lipinski definition) is 0. The molecule has 0 bridgehead atoms. The highest BCUT2D eigenvalue weighted by atomic mass is 19.4. The first-order valence-electron chi connectivity index (χ1n) is 9.29. The summed E-state index contributed by atoms with van der Waals surface area (Å²) in [5.74, 6) is -1.83. The van der Waals surface area contributed by atoms with Crippen molar-refractivity contribution < 1.29 is 26.9 Å². The summed E-state index contributed by atoms with van der Waals surface area (Å²) in [5, 5.41) is 3.73. The Kier molecular flexibility index (Phi) is 6.81. The minimum atomic E-state index is -4.94. The predicted octanol–water partition coefficient (Wildman–Crippen LogP) is 4.44. The molecule has 9 heteroatoms. The molecule has 2 heterocycles. The second-order valence-corrected chi connectivity index (χ2v) is 6.69. The van der Waals surface area contributed by atoms with Crippen LogP contribution in [0.15, 0.2) is 59.5 Å². The summed E-state index contributed by atoms with van der Waals surface area (Å²) in [6.45, 7) is -0.148. The van der Waals surface area contributed by atoms with Crippen LogP contribution < -0.4 is 0 Å². The summed E-state index contributed by atoms with van der Waals surface area (Å²) in [7, 11) is 0. The lowest BCUT2D eigenvalue weighted by Gasteiger charge is -2.23. The maximum atomic E-state index is 13.1. The minimum absolute atomic E-state index is 0.0709. The number of alkyl halides is 3. The van der Waals surface area contributed by atoms with Crippen molar-refractivity contribution in [1.82, 2.24) is 15.0 Å². The monoisotopic (exact) mass is 421 g/mol. The van der Waals surface area contributed by atoms with Gasteiger partial charge in [-0.15, -0.1) is 0 Å². The molecule has 0 saturated carbocycles. The number of aromatic nitrogens is 2. The fourth-order valence-electron chi connectivity index (χ4n) is 3.04. The Labute approximate surface area is 170 Å². The van der Waals surface area contributed by atoms with Crippen LogP contribution >= 0.6 is 0 Å². The summed E-state index contributed by atoms with van der Waals surface area (Å²) in [5.41, 5.74) is 2.03. The first-order valence-corrected chi connectivity index (χ1v) is 9.29. The average Bonchev–Trinajstić information content (AvgIpc) is 3.19. The van der Waals surface area contributed by atoms with Gasteiger partial charge in [-0.2, -0.15) is 13.2 Å². The fraction of sp³-hybridized carbons (Fsp3) is 0.286. The number of carbonyl (C=O) groups excluding carboxylic acids is 1. The van der Waals surface area contributed by atoms with Crippen molar-refractivity contribution in [2.24, 2.45) is 0 Å². The van der Waals surface area contributed by atoms with Gasteiger partial charge in [0, 0.05) is 36.6 Å². The summed E-state index contributed by atoms with van der Waals surface area (Å²) in [6.07, 6.45) is 0.566. The van der Waals surface area contributed by atoms with Gasteiger partial charge in [0.1, 0.15) is 5.82 Å². The largest absolute Gasteiger partial charge is 0.471 e. The molecule has 0 unspecified atom stereocenters. The zero-order valence-electron chi connectivity index (χ0n) is 15.9. The molecule has 3 rings (SSSR count). The van der Waals surface area contributed by atoms with Crippen molar-refractivity contribution in [3.05, 3.63) is 71.9 Å². The number of carbonyl (C=O) groups is 1. The van der Waals surface area contributed by atoms with Crippen LogP contribution in [0.1, 0.15) is 17.5 Å². The van der Waals surface area contributed by atoms with Crippen LogP contribution in [0.3, 0.4) is 0 Å². The van der Waals surface area contributed by atoms with Gasteiger partial charge in [0.25, 0.3) is 0 Å². The number of benzene rings is 1. The summed E-state index contributed by atoms with van der Waals surface area (Å²) in [4.78, 5) is 16.6. The predicted molar refractivity (Wildman–Crippen MR) is 101 cm³/mol. The first kappa shape index (κ1) is 21.5. The molecule has 1 amide bonds. The molecule has 30 heavy (non-hydrogen) atoms. The average molecular weight is 421 g/mol. The van der Waals surface area contributed by atoms with Crippen LogP contribution in [0.25, 0.3) is 11.3 Å². The smallest absolute Gasteiger partial charge is 0.356 e. The quantitative estimate of drug-likeness (QED) is 0.505. The van der Waals surface area contributed by atoms with E-state index < -0.39 is 17.9 Å². The zero-order valence-corrected chi connectivity index (χ0v) is 15.9. The van der Waals surface area contributed by atoms with Gasteiger partial charge in [0.2, 0.25) is 0 Å². The molecule has 2 aromatic heterocycles. The molecule has 5 nitrogen and oxygen atoms in total. The third-order valence-electron chi connectivity index (χ3n) is 4.55. The Morgan fingerprint density at radius 2 is 1.80 bits per heavy atom. The summed E-state index contributed by atoms with van der Waals surface area (Å²) >= 11 is 0. The van der Waals surface area contributed by atoms with Gasteiger partial charge in [0.05, 0.1) is 6.20 Å². The third-order valence-corrected chi connectivity index (χ3v) is 4.55. The summed E-state index contributed by atoms with van der Waals surface area (Å²) < 4.78 is 57.3. The van der Waals surface area contributed by atoms with Crippen molar-refractivity contribution in [2.45, 2.75) is 25.4 Å². The zero-order chi connectivity index (χ0) is 21.6. The van der Waals surface area contributed by atoms with E-state index in [1.807, 2.05) is 0 Å². The number of aryl methyl sites for hydroxylation is 1. The second-order valence-electron chi connectivity index (χ2n) is 6.69. The Hall–Kier alpha value is -3.23. The van der Waals surface area contributed by atoms with E-state index in [1.54, 1.807) is 24.5 Å². The fourth-order valence-corrected chi connectivity index (χ4v) is 3.04. The van der Waals surface area contributed by atoms with E-state index in [9.17, 15) is 22.4 Å². The first-order chi connectivity index (χ1) is 14.3. The number of pyridine rings is 1. The molecule has 158 valence electrons. The van der Waals surface area contributed by atoms with E-state index >= 15 is 0 Å². The van der Waals surface area contributed by atoms with E-state index in [2.05, 4.69) is 10.1 Å². The lowest BCUT2D eigenvalue weighted by molar-refractivity contribution is -0.185. The van der Waals surface area contributed by atoms with Gasteiger partial charge in [-0.25, -0.2) is 4.39 Å². The van der Waals surface area contributed by atoms with Crippen LogP contribution in [0.5, 0.6) is 0 Å². The Morgan fingerprint density at radius 3 is 2.47 bits per heavy atom. The molecule has 0 N–H and O–H groups in total. The van der Waals surface area contributed by atoms with Crippen molar-refractivity contribution in [1.29, 1.82) is 0 Å². The molecule has 0 radical (unpaired) electrons. The molecular formula is C21H19F4N3O2. The number of halogens is 4. The van der Waals surface area contributed by atoms with Crippen molar-refractivity contribution >= 4 is 5.91 Å². The lowest BCUT2D eigenvalue weighted by Crippen LogP contribution is -2.42. The highest BCUT2D eigenvalue weighted by Crippen LogP contribution is 2.25. The Balaban J connectivity index is 1.64. The van der Waals surface area contributed by atoms with Gasteiger partial charge in [-0.3, -0.25) is 9.78 Å². The van der Waals surface area contributed by atoms with Gasteiger partial charge in [0.15, 0.2) is 5.76 Å². The topological polar surface area (TPSA) is 59.2 Å². The van der Waals surface area contributed by atoms with E-state index in [0.29, 0.717) is 23.3 Å². The van der Waals surface area contributed by atoms with Crippen LogP contribution in [-0.2, 0) is 17.6 Å². The normalized spacial score (nSPS) is 11.5.